The topological polar surface area (TPSA) is 110 Å². The second kappa shape index (κ2) is 7.49. The lowest BCUT2D eigenvalue weighted by atomic mass is 10.0. The molecule has 0 aliphatic rings. The summed E-state index contributed by atoms with van der Waals surface area (Å²) in [6, 6.07) is 6.95. The number of primary amides is 2. The molecule has 6 nitrogen and oxygen atoms in total. The van der Waals surface area contributed by atoms with Gasteiger partial charge in [-0.2, -0.15) is 0 Å². The molecule has 110 valence electrons. The summed E-state index contributed by atoms with van der Waals surface area (Å²) < 4.78 is 0. The zero-order chi connectivity index (χ0) is 15.1. The largest absolute Gasteiger partial charge is 0.508 e. The summed E-state index contributed by atoms with van der Waals surface area (Å²) in [7, 11) is 0. The number of hydrogen-bond acceptors (Lipinski definition) is 4. The Labute approximate surface area is 118 Å². The lowest BCUT2D eigenvalue weighted by Crippen LogP contribution is -2.44. The van der Waals surface area contributed by atoms with Crippen LogP contribution in [0.3, 0.4) is 0 Å². The molecule has 0 heterocycles. The zero-order valence-corrected chi connectivity index (χ0v) is 11.6. The van der Waals surface area contributed by atoms with Gasteiger partial charge in [0, 0.05) is 6.04 Å². The number of rotatable bonds is 8. The third kappa shape index (κ3) is 5.71. The maximum Gasteiger partial charge on any atom is 0.231 e. The van der Waals surface area contributed by atoms with Gasteiger partial charge in [-0.3, -0.25) is 14.5 Å². The van der Waals surface area contributed by atoms with Crippen LogP contribution in [0.5, 0.6) is 5.75 Å². The Kier molecular flexibility index (Phi) is 5.99. The fraction of sp³-hybridized carbons (Fsp3) is 0.429. The first-order valence-corrected chi connectivity index (χ1v) is 6.47. The molecule has 1 aromatic carbocycles. The molecule has 20 heavy (non-hydrogen) atoms. The van der Waals surface area contributed by atoms with Crippen LogP contribution in [0.4, 0.5) is 0 Å². The van der Waals surface area contributed by atoms with E-state index in [1.54, 1.807) is 17.0 Å². The van der Waals surface area contributed by atoms with E-state index in [1.165, 1.54) is 0 Å². The van der Waals surface area contributed by atoms with Crippen molar-refractivity contribution in [2.75, 3.05) is 13.1 Å². The number of hydrogen-bond donors (Lipinski definition) is 3. The van der Waals surface area contributed by atoms with Gasteiger partial charge in [0.1, 0.15) is 5.75 Å². The summed E-state index contributed by atoms with van der Waals surface area (Å²) in [5.41, 5.74) is 11.4. The Morgan fingerprint density at radius 1 is 1.15 bits per heavy atom. The average molecular weight is 279 g/mol. The van der Waals surface area contributed by atoms with Gasteiger partial charge >= 0.3 is 0 Å². The molecule has 0 aliphatic heterocycles. The normalized spacial score (nSPS) is 12.3. The van der Waals surface area contributed by atoms with Gasteiger partial charge in [0.2, 0.25) is 11.8 Å². The van der Waals surface area contributed by atoms with Crippen molar-refractivity contribution in [3.8, 4) is 5.75 Å². The average Bonchev–Trinajstić information content (AvgIpc) is 2.36. The van der Waals surface area contributed by atoms with E-state index < -0.39 is 11.8 Å². The van der Waals surface area contributed by atoms with Gasteiger partial charge in [-0.05, 0) is 37.5 Å². The molecule has 0 radical (unpaired) electrons. The van der Waals surface area contributed by atoms with Crippen LogP contribution in [0.25, 0.3) is 0 Å². The van der Waals surface area contributed by atoms with Gasteiger partial charge < -0.3 is 16.6 Å². The minimum absolute atomic E-state index is 0.00352. The van der Waals surface area contributed by atoms with Crippen LogP contribution in [0, 0.1) is 0 Å². The molecule has 0 fully saturated rings. The van der Waals surface area contributed by atoms with Gasteiger partial charge in [-0.15, -0.1) is 0 Å². The molecule has 0 saturated heterocycles. The van der Waals surface area contributed by atoms with Crippen LogP contribution in [0.2, 0.25) is 0 Å². The molecule has 0 bridgehead atoms. The first-order chi connectivity index (χ1) is 9.38. The molecular weight excluding hydrogens is 258 g/mol. The van der Waals surface area contributed by atoms with Crippen LogP contribution < -0.4 is 11.5 Å². The van der Waals surface area contributed by atoms with Crippen LogP contribution in [0.15, 0.2) is 24.3 Å². The summed E-state index contributed by atoms with van der Waals surface area (Å²) in [5.74, 6) is -0.739. The van der Waals surface area contributed by atoms with E-state index in [2.05, 4.69) is 0 Å². The van der Waals surface area contributed by atoms with Crippen LogP contribution >= 0.6 is 0 Å². The van der Waals surface area contributed by atoms with Gasteiger partial charge in [-0.1, -0.05) is 12.1 Å². The number of aromatic hydroxyl groups is 1. The van der Waals surface area contributed by atoms with Crippen molar-refractivity contribution in [3.05, 3.63) is 29.8 Å². The van der Waals surface area contributed by atoms with E-state index in [0.717, 1.165) is 18.4 Å². The molecule has 1 unspecified atom stereocenters. The van der Waals surface area contributed by atoms with E-state index in [0.29, 0.717) is 0 Å². The van der Waals surface area contributed by atoms with Crippen molar-refractivity contribution in [2.24, 2.45) is 11.5 Å². The van der Waals surface area contributed by atoms with Crippen molar-refractivity contribution >= 4 is 11.8 Å². The van der Waals surface area contributed by atoms with Crippen molar-refractivity contribution < 1.29 is 14.7 Å². The monoisotopic (exact) mass is 279 g/mol. The molecule has 1 aromatic rings. The highest BCUT2D eigenvalue weighted by atomic mass is 16.3. The molecular formula is C14H21N3O3. The smallest absolute Gasteiger partial charge is 0.231 e. The molecule has 0 aliphatic carbocycles. The van der Waals surface area contributed by atoms with Crippen LogP contribution in [-0.4, -0.2) is 41.0 Å². The highest BCUT2D eigenvalue weighted by Gasteiger charge is 2.17. The highest BCUT2D eigenvalue weighted by molar-refractivity contribution is 5.79. The third-order valence-electron chi connectivity index (χ3n) is 3.13. The summed E-state index contributed by atoms with van der Waals surface area (Å²) in [6.07, 6.45) is 1.53. The predicted octanol–water partition coefficient (Wildman–Crippen LogP) is -0.0141. The van der Waals surface area contributed by atoms with E-state index in [9.17, 15) is 14.7 Å². The van der Waals surface area contributed by atoms with Gasteiger partial charge in [0.15, 0.2) is 0 Å². The van der Waals surface area contributed by atoms with Gasteiger partial charge in [0.05, 0.1) is 13.1 Å². The Balaban J connectivity index is 2.56. The number of phenols is 1. The number of aryl methyl sites for hydroxylation is 1. The number of amides is 2. The van der Waals surface area contributed by atoms with Gasteiger partial charge in [0.25, 0.3) is 0 Å². The van der Waals surface area contributed by atoms with E-state index >= 15 is 0 Å². The van der Waals surface area contributed by atoms with Crippen molar-refractivity contribution in [2.45, 2.75) is 25.8 Å². The fourth-order valence-corrected chi connectivity index (χ4v) is 1.99. The lowest BCUT2D eigenvalue weighted by molar-refractivity contribution is -0.122. The molecule has 6 heteroatoms. The predicted molar refractivity (Wildman–Crippen MR) is 75.9 cm³/mol. The first-order valence-electron chi connectivity index (χ1n) is 6.47. The molecule has 1 atom stereocenters. The first kappa shape index (κ1) is 16.0. The maximum atomic E-state index is 11.0. The van der Waals surface area contributed by atoms with E-state index in [1.807, 2.05) is 19.1 Å². The van der Waals surface area contributed by atoms with Crippen molar-refractivity contribution in [1.82, 2.24) is 4.90 Å². The number of benzene rings is 1. The molecule has 2 amide bonds. The van der Waals surface area contributed by atoms with Gasteiger partial charge in [-0.25, -0.2) is 0 Å². The highest BCUT2D eigenvalue weighted by Crippen LogP contribution is 2.13. The Hall–Kier alpha value is -2.08. The maximum absolute atomic E-state index is 11.0. The third-order valence-corrected chi connectivity index (χ3v) is 3.13. The molecule has 0 spiro atoms. The lowest BCUT2D eigenvalue weighted by Gasteiger charge is -2.26. The molecule has 1 rings (SSSR count). The molecule has 5 N–H and O–H groups in total. The Morgan fingerprint density at radius 2 is 1.65 bits per heavy atom. The molecule has 0 saturated carbocycles. The van der Waals surface area contributed by atoms with E-state index in [-0.39, 0.29) is 24.9 Å². The summed E-state index contributed by atoms with van der Waals surface area (Å²) in [6.45, 7) is 1.95. The minimum atomic E-state index is -0.484. The molecule has 0 aromatic heterocycles. The number of nitrogens with two attached hydrogens (primary N) is 2. The summed E-state index contributed by atoms with van der Waals surface area (Å²) >= 11 is 0. The van der Waals surface area contributed by atoms with Crippen molar-refractivity contribution in [3.63, 3.8) is 0 Å². The fourth-order valence-electron chi connectivity index (χ4n) is 1.99. The summed E-state index contributed by atoms with van der Waals surface area (Å²) in [4.78, 5) is 23.7. The van der Waals surface area contributed by atoms with E-state index in [4.69, 9.17) is 11.5 Å². The second-order valence-corrected chi connectivity index (χ2v) is 4.89. The summed E-state index contributed by atoms with van der Waals surface area (Å²) in [5, 5.41) is 9.21. The standard InChI is InChI=1S/C14H21N3O3/c1-10(17(8-13(15)19)9-14(16)20)2-3-11-4-6-12(18)7-5-11/h4-7,10,18H,2-3,8-9H2,1H3,(H2,15,19)(H2,16,20). The zero-order valence-electron chi connectivity index (χ0n) is 11.6. The SMILES string of the molecule is CC(CCc1ccc(O)cc1)N(CC(N)=O)CC(N)=O. The quantitative estimate of drug-likeness (QED) is 0.621. The number of carbonyl (C=O) groups is 2. The second-order valence-electron chi connectivity index (χ2n) is 4.89. The van der Waals surface area contributed by atoms with Crippen molar-refractivity contribution in [1.29, 1.82) is 0 Å². The number of carbonyl (C=O) groups excluding carboxylic acids is 2. The van der Waals surface area contributed by atoms with Crippen LogP contribution in [-0.2, 0) is 16.0 Å². The van der Waals surface area contributed by atoms with Crippen LogP contribution in [0.1, 0.15) is 18.9 Å². The number of phenolic OH excluding ortho intramolecular Hbond substituents is 1. The number of nitrogens with zero attached hydrogens (tertiary/aromatic N) is 1. The Morgan fingerprint density at radius 3 is 2.10 bits per heavy atom. The minimum Gasteiger partial charge on any atom is -0.508 e. The Bertz CT molecular complexity index is 443.